The van der Waals surface area contributed by atoms with Crippen molar-refractivity contribution in [3.63, 3.8) is 0 Å². The summed E-state index contributed by atoms with van der Waals surface area (Å²) in [7, 11) is 1.59. The summed E-state index contributed by atoms with van der Waals surface area (Å²) in [4.78, 5) is 17.3. The highest BCUT2D eigenvalue weighted by molar-refractivity contribution is 7.16. The van der Waals surface area contributed by atoms with Gasteiger partial charge < -0.3 is 14.0 Å². The number of hydrogen-bond donors (Lipinski definition) is 0. The number of ether oxygens (including phenoxy) is 2. The molecular weight excluding hydrogens is 360 g/mol. The maximum absolute atomic E-state index is 12.4. The summed E-state index contributed by atoms with van der Waals surface area (Å²) in [6, 6.07) is 11.4. The second kappa shape index (κ2) is 8.22. The number of thiazole rings is 1. The van der Waals surface area contributed by atoms with E-state index in [0.29, 0.717) is 22.8 Å². The lowest BCUT2D eigenvalue weighted by atomic mass is 10.1. The number of nitrogens with zero attached hydrogens (tertiary/aromatic N) is 2. The van der Waals surface area contributed by atoms with Gasteiger partial charge in [0.05, 0.1) is 17.3 Å². The van der Waals surface area contributed by atoms with Crippen molar-refractivity contribution in [1.29, 1.82) is 0 Å². The molecule has 0 bridgehead atoms. The Morgan fingerprint density at radius 1 is 1.26 bits per heavy atom. The first-order valence-electron chi connectivity index (χ1n) is 8.57. The Hall–Kier alpha value is -2.86. The number of carbonyl (C=O) groups is 1. The molecule has 0 saturated carbocycles. The van der Waals surface area contributed by atoms with E-state index >= 15 is 0 Å². The van der Waals surface area contributed by atoms with Crippen LogP contribution in [0.1, 0.15) is 11.1 Å². The summed E-state index contributed by atoms with van der Waals surface area (Å²) in [6.07, 6.45) is 1.81. The summed E-state index contributed by atoms with van der Waals surface area (Å²) in [5.74, 6) is 0.910. The minimum absolute atomic E-state index is 0.131. The number of amides is 1. The van der Waals surface area contributed by atoms with Crippen LogP contribution in [0, 0.1) is 13.8 Å². The largest absolute Gasteiger partial charge is 0.497 e. The van der Waals surface area contributed by atoms with E-state index in [4.69, 9.17) is 9.47 Å². The number of allylic oxidation sites excluding steroid dienone is 1. The van der Waals surface area contributed by atoms with Crippen LogP contribution in [0.25, 0.3) is 10.2 Å². The zero-order chi connectivity index (χ0) is 19.4. The van der Waals surface area contributed by atoms with Crippen LogP contribution in [0.2, 0.25) is 0 Å². The molecule has 0 atom stereocenters. The molecule has 0 radical (unpaired) electrons. The van der Waals surface area contributed by atoms with E-state index in [2.05, 4.69) is 37.6 Å². The van der Waals surface area contributed by atoms with Crippen LogP contribution in [0.4, 0.5) is 0 Å². The van der Waals surface area contributed by atoms with Gasteiger partial charge in [-0.15, -0.1) is 6.58 Å². The maximum atomic E-state index is 12.4. The molecule has 1 heterocycles. The van der Waals surface area contributed by atoms with Gasteiger partial charge in [0, 0.05) is 12.6 Å². The van der Waals surface area contributed by atoms with Crippen LogP contribution >= 0.6 is 11.3 Å². The van der Waals surface area contributed by atoms with E-state index in [-0.39, 0.29) is 12.5 Å². The van der Waals surface area contributed by atoms with Crippen LogP contribution in [0.3, 0.4) is 0 Å². The average Bonchev–Trinajstić information content (AvgIpc) is 2.98. The zero-order valence-electron chi connectivity index (χ0n) is 15.7. The normalized spacial score (nSPS) is 11.6. The monoisotopic (exact) mass is 382 g/mol. The van der Waals surface area contributed by atoms with Crippen molar-refractivity contribution in [3.05, 3.63) is 65.0 Å². The molecule has 0 fully saturated rings. The van der Waals surface area contributed by atoms with Crippen molar-refractivity contribution >= 4 is 27.5 Å². The van der Waals surface area contributed by atoms with Crippen molar-refractivity contribution in [2.24, 2.45) is 4.99 Å². The van der Waals surface area contributed by atoms with Crippen molar-refractivity contribution in [2.75, 3.05) is 13.7 Å². The quantitative estimate of drug-likeness (QED) is 0.605. The molecule has 0 aliphatic carbocycles. The predicted octanol–water partition coefficient (Wildman–Crippen LogP) is 4.02. The van der Waals surface area contributed by atoms with Crippen LogP contribution in [-0.4, -0.2) is 24.2 Å². The fourth-order valence-electron chi connectivity index (χ4n) is 2.88. The summed E-state index contributed by atoms with van der Waals surface area (Å²) in [5, 5.41) is 0. The van der Waals surface area contributed by atoms with Crippen molar-refractivity contribution in [3.8, 4) is 11.5 Å². The number of benzene rings is 2. The van der Waals surface area contributed by atoms with Crippen LogP contribution in [0.15, 0.2) is 54.0 Å². The van der Waals surface area contributed by atoms with Gasteiger partial charge in [0.1, 0.15) is 11.5 Å². The second-order valence-corrected chi connectivity index (χ2v) is 7.16. The number of aryl methyl sites for hydroxylation is 2. The van der Waals surface area contributed by atoms with Gasteiger partial charge >= 0.3 is 0 Å². The fraction of sp³-hybridized carbons (Fsp3) is 0.238. The topological polar surface area (TPSA) is 52.8 Å². The average molecular weight is 382 g/mol. The van der Waals surface area contributed by atoms with Gasteiger partial charge in [0.15, 0.2) is 11.4 Å². The molecule has 1 aromatic heterocycles. The molecule has 0 N–H and O–H groups in total. The first kappa shape index (κ1) is 18.9. The number of aromatic nitrogens is 1. The number of methoxy groups -OCH3 is 1. The van der Waals surface area contributed by atoms with Gasteiger partial charge in [-0.3, -0.25) is 4.79 Å². The third-order valence-electron chi connectivity index (χ3n) is 4.05. The molecule has 3 rings (SSSR count). The maximum Gasteiger partial charge on any atom is 0.286 e. The highest BCUT2D eigenvalue weighted by atomic mass is 32.1. The third-order valence-corrected chi connectivity index (χ3v) is 5.28. The molecule has 0 aliphatic rings. The van der Waals surface area contributed by atoms with E-state index in [9.17, 15) is 4.79 Å². The number of carbonyl (C=O) groups excluding carboxylic acids is 1. The summed E-state index contributed by atoms with van der Waals surface area (Å²) >= 11 is 1.51. The van der Waals surface area contributed by atoms with Crippen LogP contribution in [-0.2, 0) is 11.3 Å². The van der Waals surface area contributed by atoms with E-state index < -0.39 is 0 Å². The molecule has 0 saturated heterocycles. The molecule has 140 valence electrons. The molecule has 0 aliphatic heterocycles. The van der Waals surface area contributed by atoms with Gasteiger partial charge in [0.25, 0.3) is 5.91 Å². The highest BCUT2D eigenvalue weighted by Gasteiger charge is 2.10. The Morgan fingerprint density at radius 2 is 2.04 bits per heavy atom. The molecular formula is C21H22N2O3S. The van der Waals surface area contributed by atoms with Gasteiger partial charge in [-0.1, -0.05) is 29.5 Å². The minimum atomic E-state index is -0.337. The molecule has 3 aromatic rings. The Kier molecular flexibility index (Phi) is 5.76. The number of rotatable bonds is 6. The Morgan fingerprint density at radius 3 is 2.78 bits per heavy atom. The Balaban J connectivity index is 1.89. The van der Waals surface area contributed by atoms with Gasteiger partial charge in [-0.2, -0.15) is 4.99 Å². The van der Waals surface area contributed by atoms with Gasteiger partial charge in [-0.05, 0) is 43.2 Å². The second-order valence-electron chi connectivity index (χ2n) is 6.19. The van der Waals surface area contributed by atoms with Crippen LogP contribution in [0.5, 0.6) is 11.5 Å². The first-order chi connectivity index (χ1) is 13.0. The Bertz CT molecular complexity index is 1060. The van der Waals surface area contributed by atoms with Crippen molar-refractivity contribution in [2.45, 2.75) is 20.4 Å². The molecule has 0 unspecified atom stereocenters. The summed E-state index contributed by atoms with van der Waals surface area (Å²) in [6.45, 7) is 8.41. The molecule has 6 heteroatoms. The lowest BCUT2D eigenvalue weighted by Gasteiger charge is -2.05. The highest BCUT2D eigenvalue weighted by Crippen LogP contribution is 2.23. The van der Waals surface area contributed by atoms with E-state index in [0.717, 1.165) is 10.2 Å². The van der Waals surface area contributed by atoms with Gasteiger partial charge in [0.2, 0.25) is 0 Å². The van der Waals surface area contributed by atoms with E-state index in [1.165, 1.54) is 22.5 Å². The molecule has 0 spiro atoms. The molecule has 1 amide bonds. The predicted molar refractivity (Wildman–Crippen MR) is 109 cm³/mol. The first-order valence-corrected chi connectivity index (χ1v) is 9.39. The third kappa shape index (κ3) is 4.28. The summed E-state index contributed by atoms with van der Waals surface area (Å²) < 4.78 is 13.8. The standard InChI is InChI=1S/C21H22N2O3S/c1-5-9-23-18-11-14(2)10-15(3)20(18)27-21(23)22-19(24)13-26-17-8-6-7-16(12-17)25-4/h5-8,10-12H,1,9,13H2,2-4H3. The minimum Gasteiger partial charge on any atom is -0.497 e. The van der Waals surface area contributed by atoms with Gasteiger partial charge in [-0.25, -0.2) is 0 Å². The zero-order valence-corrected chi connectivity index (χ0v) is 16.5. The summed E-state index contributed by atoms with van der Waals surface area (Å²) in [5.41, 5.74) is 3.42. The smallest absolute Gasteiger partial charge is 0.286 e. The fourth-order valence-corrected chi connectivity index (χ4v) is 3.99. The molecule has 27 heavy (non-hydrogen) atoms. The SMILES string of the molecule is C=CCn1c(=NC(=O)COc2cccc(OC)c2)sc2c(C)cc(C)cc21. The van der Waals surface area contributed by atoms with E-state index in [1.54, 1.807) is 25.3 Å². The molecule has 2 aromatic carbocycles. The lowest BCUT2D eigenvalue weighted by molar-refractivity contribution is -0.120. The lowest BCUT2D eigenvalue weighted by Crippen LogP contribution is -2.19. The number of hydrogen-bond acceptors (Lipinski definition) is 4. The Labute approximate surface area is 162 Å². The van der Waals surface area contributed by atoms with Crippen molar-refractivity contribution < 1.29 is 14.3 Å². The molecule has 5 nitrogen and oxygen atoms in total. The van der Waals surface area contributed by atoms with E-state index in [1.807, 2.05) is 16.7 Å². The van der Waals surface area contributed by atoms with Crippen molar-refractivity contribution in [1.82, 2.24) is 4.57 Å². The van der Waals surface area contributed by atoms with Crippen LogP contribution < -0.4 is 14.3 Å². The number of fused-ring (bicyclic) bond motifs is 1.